The van der Waals surface area contributed by atoms with Gasteiger partial charge in [-0.25, -0.2) is 13.6 Å². The summed E-state index contributed by atoms with van der Waals surface area (Å²) in [5.41, 5.74) is 4.76. The van der Waals surface area contributed by atoms with Crippen molar-refractivity contribution in [2.45, 2.75) is 19.4 Å². The highest BCUT2D eigenvalue weighted by Crippen LogP contribution is 2.28. The molecular weight excluding hydrogens is 522 g/mol. The normalized spacial score (nSPS) is 11.9. The molecule has 0 aliphatic rings. The van der Waals surface area contributed by atoms with Crippen molar-refractivity contribution in [1.82, 2.24) is 9.72 Å². The second kappa shape index (κ2) is 10.7. The summed E-state index contributed by atoms with van der Waals surface area (Å²) in [5.74, 6) is -3.34. The number of carboxylic acid groups (broad SMARTS) is 1. The van der Waals surface area contributed by atoms with Crippen LogP contribution in [0.15, 0.2) is 91.0 Å². The lowest BCUT2D eigenvalue weighted by molar-refractivity contribution is 0.0696. The van der Waals surface area contributed by atoms with Gasteiger partial charge in [0.1, 0.15) is 5.69 Å². The van der Waals surface area contributed by atoms with E-state index in [9.17, 15) is 18.4 Å². The first kappa shape index (κ1) is 26.1. The van der Waals surface area contributed by atoms with Crippen LogP contribution >= 0.6 is 11.6 Å². The summed E-state index contributed by atoms with van der Waals surface area (Å²) in [6.45, 7) is 1.80. The number of hydrogen-bond acceptors (Lipinski definition) is 2. The number of nitrogens with one attached hydrogen (secondary N) is 1. The molecule has 2 aromatic heterocycles. The first-order valence-corrected chi connectivity index (χ1v) is 12.6. The van der Waals surface area contributed by atoms with E-state index < -0.39 is 23.6 Å². The summed E-state index contributed by atoms with van der Waals surface area (Å²) < 4.78 is 29.5. The van der Waals surface area contributed by atoms with Crippen molar-refractivity contribution >= 4 is 29.0 Å². The van der Waals surface area contributed by atoms with E-state index in [0.29, 0.717) is 33.8 Å². The van der Waals surface area contributed by atoms with E-state index in [1.54, 1.807) is 37.3 Å². The number of amides is 1. The Bertz CT molecular complexity index is 1700. The van der Waals surface area contributed by atoms with Gasteiger partial charge in [0, 0.05) is 22.7 Å². The second-order valence-corrected chi connectivity index (χ2v) is 9.71. The van der Waals surface area contributed by atoms with Crippen molar-refractivity contribution in [3.05, 3.63) is 136 Å². The standard InChI is InChI=1S/C31H23ClF2N2O3/c1-18(20-4-6-21(7-5-20)31(38)39)35-30(37)29-17-23(22-8-13-27(33)28(34)16-22)15-26-12-11-25(36(26)29)14-19-2-9-24(32)10-3-19/h2-13,15-18H,14H2,1H3,(H,35,37)(H,38,39)/t18-/m0/s1. The van der Waals surface area contributed by atoms with Gasteiger partial charge in [0.15, 0.2) is 11.6 Å². The van der Waals surface area contributed by atoms with E-state index in [2.05, 4.69) is 5.32 Å². The first-order chi connectivity index (χ1) is 18.7. The highest BCUT2D eigenvalue weighted by Gasteiger charge is 2.19. The van der Waals surface area contributed by atoms with E-state index in [4.69, 9.17) is 16.7 Å². The van der Waals surface area contributed by atoms with Crippen LogP contribution in [0.4, 0.5) is 8.78 Å². The fourth-order valence-electron chi connectivity index (χ4n) is 4.54. The summed E-state index contributed by atoms with van der Waals surface area (Å²) in [5, 5.41) is 12.8. The monoisotopic (exact) mass is 544 g/mol. The van der Waals surface area contributed by atoms with Crippen LogP contribution in [0.1, 0.15) is 50.6 Å². The summed E-state index contributed by atoms with van der Waals surface area (Å²) in [4.78, 5) is 24.9. The maximum atomic E-state index is 14.0. The Balaban J connectivity index is 1.56. The largest absolute Gasteiger partial charge is 0.478 e. The number of carbonyl (C=O) groups excluding carboxylic acids is 1. The molecule has 3 aromatic carbocycles. The molecule has 5 nitrogen and oxygen atoms in total. The third-order valence-corrected chi connectivity index (χ3v) is 6.87. The lowest BCUT2D eigenvalue weighted by Crippen LogP contribution is -2.28. The average molecular weight is 545 g/mol. The number of carboxylic acids is 1. The number of halogens is 3. The van der Waals surface area contributed by atoms with Gasteiger partial charge in [0.2, 0.25) is 0 Å². The lowest BCUT2D eigenvalue weighted by Gasteiger charge is -2.18. The third-order valence-electron chi connectivity index (χ3n) is 6.62. The molecule has 8 heteroatoms. The van der Waals surface area contributed by atoms with Crippen LogP contribution in [0.25, 0.3) is 16.6 Å². The molecule has 2 N–H and O–H groups in total. The maximum absolute atomic E-state index is 14.0. The molecule has 0 saturated carbocycles. The molecule has 0 unspecified atom stereocenters. The van der Waals surface area contributed by atoms with Crippen molar-refractivity contribution in [2.24, 2.45) is 0 Å². The van der Waals surface area contributed by atoms with Gasteiger partial charge in [0.05, 0.1) is 11.6 Å². The van der Waals surface area contributed by atoms with E-state index in [-0.39, 0.29) is 11.5 Å². The van der Waals surface area contributed by atoms with Crippen LogP contribution < -0.4 is 5.32 Å². The third kappa shape index (κ3) is 5.54. The molecule has 2 heterocycles. The van der Waals surface area contributed by atoms with Gasteiger partial charge in [-0.1, -0.05) is 41.9 Å². The topological polar surface area (TPSA) is 70.8 Å². The Kier molecular flexibility index (Phi) is 7.17. The quantitative estimate of drug-likeness (QED) is 0.225. The first-order valence-electron chi connectivity index (χ1n) is 12.2. The number of aromatic nitrogens is 1. The van der Waals surface area contributed by atoms with Crippen molar-refractivity contribution < 1.29 is 23.5 Å². The molecule has 5 rings (SSSR count). The van der Waals surface area contributed by atoms with Crippen molar-refractivity contribution in [2.75, 3.05) is 0 Å². The number of benzene rings is 3. The van der Waals surface area contributed by atoms with Crippen molar-refractivity contribution in [3.8, 4) is 11.1 Å². The number of pyridine rings is 1. The minimum atomic E-state index is -1.03. The fraction of sp³-hybridized carbons (Fsp3) is 0.0968. The molecule has 5 aromatic rings. The van der Waals surface area contributed by atoms with Crippen molar-refractivity contribution in [3.63, 3.8) is 0 Å². The van der Waals surface area contributed by atoms with Gasteiger partial charge >= 0.3 is 5.97 Å². The highest BCUT2D eigenvalue weighted by atomic mass is 35.5. The summed E-state index contributed by atoms with van der Waals surface area (Å²) >= 11 is 6.04. The van der Waals surface area contributed by atoms with Crippen LogP contribution in [0.2, 0.25) is 5.02 Å². The molecule has 0 saturated heterocycles. The van der Waals surface area contributed by atoms with Gasteiger partial charge < -0.3 is 14.8 Å². The van der Waals surface area contributed by atoms with Crippen LogP contribution in [-0.4, -0.2) is 21.4 Å². The summed E-state index contributed by atoms with van der Waals surface area (Å²) in [6.07, 6.45) is 0.530. The number of carbonyl (C=O) groups is 2. The van der Waals surface area contributed by atoms with Gasteiger partial charge in [-0.05, 0) is 89.8 Å². The number of fused-ring (bicyclic) bond motifs is 1. The summed E-state index contributed by atoms with van der Waals surface area (Å²) in [6, 6.07) is 24.2. The van der Waals surface area contributed by atoms with E-state index >= 15 is 0 Å². The van der Waals surface area contributed by atoms with Crippen LogP contribution in [0, 0.1) is 11.6 Å². The Labute approximate surface area is 228 Å². The molecule has 196 valence electrons. The van der Waals surface area contributed by atoms with E-state index in [0.717, 1.165) is 29.0 Å². The van der Waals surface area contributed by atoms with Crippen molar-refractivity contribution in [1.29, 1.82) is 0 Å². The molecule has 0 radical (unpaired) electrons. The Morgan fingerprint density at radius 2 is 1.59 bits per heavy atom. The van der Waals surface area contributed by atoms with Gasteiger partial charge in [-0.3, -0.25) is 4.79 Å². The molecule has 0 aliphatic carbocycles. The van der Waals surface area contributed by atoms with E-state index in [1.165, 1.54) is 18.2 Å². The minimum Gasteiger partial charge on any atom is -0.478 e. The predicted octanol–water partition coefficient (Wildman–Crippen LogP) is 7.32. The maximum Gasteiger partial charge on any atom is 0.335 e. The molecule has 1 atom stereocenters. The number of rotatable bonds is 7. The van der Waals surface area contributed by atoms with Crippen LogP contribution in [0.5, 0.6) is 0 Å². The number of aromatic carboxylic acids is 1. The molecule has 0 spiro atoms. The zero-order valence-electron chi connectivity index (χ0n) is 20.8. The Morgan fingerprint density at radius 3 is 2.26 bits per heavy atom. The minimum absolute atomic E-state index is 0.150. The second-order valence-electron chi connectivity index (χ2n) is 9.27. The molecule has 0 aliphatic heterocycles. The SMILES string of the molecule is C[C@H](NC(=O)c1cc(-c2ccc(F)c(F)c2)cc2ccc(Cc3ccc(Cl)cc3)n12)c1ccc(C(=O)O)cc1. The molecule has 0 fully saturated rings. The molecular formula is C31H23ClF2N2O3. The highest BCUT2D eigenvalue weighted by molar-refractivity contribution is 6.30. The average Bonchev–Trinajstić information content (AvgIpc) is 3.33. The van der Waals surface area contributed by atoms with Crippen LogP contribution in [-0.2, 0) is 6.42 Å². The summed E-state index contributed by atoms with van der Waals surface area (Å²) in [7, 11) is 0. The number of nitrogens with zero attached hydrogens (tertiary/aromatic N) is 1. The fourth-order valence-corrected chi connectivity index (χ4v) is 4.67. The molecule has 0 bridgehead atoms. The number of hydrogen-bond donors (Lipinski definition) is 2. The zero-order valence-corrected chi connectivity index (χ0v) is 21.5. The van der Waals surface area contributed by atoms with E-state index in [1.807, 2.05) is 34.7 Å². The predicted molar refractivity (Wildman–Crippen MR) is 146 cm³/mol. The molecule has 1 amide bonds. The molecule has 39 heavy (non-hydrogen) atoms. The Hall–Kier alpha value is -4.49. The van der Waals surface area contributed by atoms with Crippen LogP contribution in [0.3, 0.4) is 0 Å². The lowest BCUT2D eigenvalue weighted by atomic mass is 10.0. The van der Waals surface area contributed by atoms with Gasteiger partial charge in [-0.2, -0.15) is 0 Å². The zero-order chi connectivity index (χ0) is 27.7. The van der Waals surface area contributed by atoms with Gasteiger partial charge in [-0.15, -0.1) is 0 Å². The Morgan fingerprint density at radius 1 is 0.872 bits per heavy atom. The smallest absolute Gasteiger partial charge is 0.335 e. The van der Waals surface area contributed by atoms with Gasteiger partial charge in [0.25, 0.3) is 5.91 Å².